The summed E-state index contributed by atoms with van der Waals surface area (Å²) in [5.74, 6) is -2.98. The van der Waals surface area contributed by atoms with Crippen LogP contribution in [-0.2, 0) is 23.9 Å². The van der Waals surface area contributed by atoms with Gasteiger partial charge < -0.3 is 24.4 Å². The van der Waals surface area contributed by atoms with Crippen LogP contribution < -0.4 is 4.90 Å². The van der Waals surface area contributed by atoms with Crippen molar-refractivity contribution in [1.29, 1.82) is 0 Å². The van der Waals surface area contributed by atoms with Gasteiger partial charge in [-0.3, -0.25) is 14.4 Å². The Morgan fingerprint density at radius 2 is 2.03 bits per heavy atom. The summed E-state index contributed by atoms with van der Waals surface area (Å²) in [5.41, 5.74) is -0.639. The van der Waals surface area contributed by atoms with Gasteiger partial charge in [0.05, 0.1) is 31.2 Å². The Kier molecular flexibility index (Phi) is 8.24. The van der Waals surface area contributed by atoms with E-state index in [4.69, 9.17) is 21.1 Å². The molecule has 1 N–H and O–H groups in total. The van der Waals surface area contributed by atoms with E-state index in [1.807, 2.05) is 0 Å². The summed E-state index contributed by atoms with van der Waals surface area (Å²) >= 11 is 9.67. The van der Waals surface area contributed by atoms with Crippen LogP contribution in [0.3, 0.4) is 0 Å². The molecule has 0 aromatic heterocycles. The molecule has 3 saturated heterocycles. The normalized spacial score (nSPS) is 30.2. The van der Waals surface area contributed by atoms with Crippen molar-refractivity contribution >= 4 is 51.0 Å². The molecule has 3 aliphatic rings. The number of likely N-dealkylation sites (tertiary alicyclic amines) is 1. The molecule has 6 atom stereocenters. The molecule has 2 amide bonds. The molecule has 3 fully saturated rings. The molecule has 1 spiro atoms. The van der Waals surface area contributed by atoms with Crippen LogP contribution in [0.15, 0.2) is 49.6 Å². The minimum absolute atomic E-state index is 0.0574. The average molecular weight is 582 g/mol. The van der Waals surface area contributed by atoms with Gasteiger partial charge in [-0.1, -0.05) is 39.7 Å². The number of halogens is 2. The largest absolute Gasteiger partial charge is 0.465 e. The highest BCUT2D eigenvalue weighted by Crippen LogP contribution is 2.60. The molecule has 0 aliphatic carbocycles. The number of aliphatic hydroxyl groups excluding tert-OH is 1. The SMILES string of the molecule is C=CCCCOC(=O)[C@H]1[C@@H]2OC3(CC2Br)C(C(=O)N(CC=C)c2ccc(Cl)cc2)N(CCO)C(=O)[C@H]13. The monoisotopic (exact) mass is 580 g/mol. The fourth-order valence-electron chi connectivity index (χ4n) is 5.74. The van der Waals surface area contributed by atoms with E-state index in [0.717, 1.165) is 0 Å². The highest BCUT2D eigenvalue weighted by Gasteiger charge is 2.77. The summed E-state index contributed by atoms with van der Waals surface area (Å²) in [4.78, 5) is 43.7. The van der Waals surface area contributed by atoms with Crippen molar-refractivity contribution in [3.05, 3.63) is 54.6 Å². The molecular weight excluding hydrogens is 552 g/mol. The van der Waals surface area contributed by atoms with Crippen molar-refractivity contribution in [2.24, 2.45) is 11.8 Å². The number of hydrogen-bond acceptors (Lipinski definition) is 6. The number of nitrogens with zero attached hydrogens (tertiary/aromatic N) is 2. The van der Waals surface area contributed by atoms with Crippen molar-refractivity contribution in [3.8, 4) is 0 Å². The number of fused-ring (bicyclic) bond motifs is 1. The number of amides is 2. The molecule has 2 bridgehead atoms. The number of anilines is 1. The Hall–Kier alpha value is -2.20. The Bertz CT molecular complexity index is 1040. The molecule has 3 unspecified atom stereocenters. The van der Waals surface area contributed by atoms with E-state index in [9.17, 15) is 19.5 Å². The first kappa shape index (κ1) is 26.9. The van der Waals surface area contributed by atoms with E-state index in [1.165, 1.54) is 9.80 Å². The van der Waals surface area contributed by atoms with Gasteiger partial charge >= 0.3 is 5.97 Å². The number of benzene rings is 1. The van der Waals surface area contributed by atoms with E-state index in [-0.39, 0.29) is 42.9 Å². The maximum atomic E-state index is 14.2. The molecule has 0 radical (unpaired) electrons. The summed E-state index contributed by atoms with van der Waals surface area (Å²) in [5, 5.41) is 10.3. The third-order valence-electron chi connectivity index (χ3n) is 7.15. The van der Waals surface area contributed by atoms with Crippen LogP contribution in [0.2, 0.25) is 5.02 Å². The number of allylic oxidation sites excluding steroid dienone is 1. The van der Waals surface area contributed by atoms with Crippen molar-refractivity contribution < 1.29 is 29.0 Å². The van der Waals surface area contributed by atoms with Gasteiger partial charge in [-0.15, -0.1) is 13.2 Å². The molecule has 10 heteroatoms. The molecule has 3 aliphatic heterocycles. The Labute approximate surface area is 224 Å². The second-order valence-electron chi connectivity index (χ2n) is 9.23. The zero-order valence-corrected chi connectivity index (χ0v) is 22.2. The van der Waals surface area contributed by atoms with Gasteiger partial charge in [-0.2, -0.15) is 0 Å². The lowest BCUT2D eigenvalue weighted by atomic mass is 9.70. The van der Waals surface area contributed by atoms with Gasteiger partial charge in [0.1, 0.15) is 11.6 Å². The lowest BCUT2D eigenvalue weighted by molar-refractivity contribution is -0.155. The minimum atomic E-state index is -1.22. The molecule has 194 valence electrons. The Morgan fingerprint density at radius 1 is 1.31 bits per heavy atom. The number of esters is 1. The van der Waals surface area contributed by atoms with Crippen LogP contribution in [0.4, 0.5) is 5.69 Å². The summed E-state index contributed by atoms with van der Waals surface area (Å²) in [7, 11) is 0. The fourth-order valence-corrected chi connectivity index (χ4v) is 6.81. The van der Waals surface area contributed by atoms with Gasteiger partial charge in [0.25, 0.3) is 5.91 Å². The van der Waals surface area contributed by atoms with E-state index in [2.05, 4.69) is 29.1 Å². The third kappa shape index (κ3) is 4.51. The van der Waals surface area contributed by atoms with Crippen molar-refractivity contribution in [2.45, 2.75) is 41.8 Å². The summed E-state index contributed by atoms with van der Waals surface area (Å²) in [6.45, 7) is 7.45. The van der Waals surface area contributed by atoms with Gasteiger partial charge in [0.15, 0.2) is 0 Å². The molecule has 4 rings (SSSR count). The van der Waals surface area contributed by atoms with Crippen LogP contribution in [-0.4, -0.2) is 76.7 Å². The molecule has 0 saturated carbocycles. The lowest BCUT2D eigenvalue weighted by Gasteiger charge is -2.37. The highest BCUT2D eigenvalue weighted by atomic mass is 79.9. The fraction of sp³-hybridized carbons (Fsp3) is 0.500. The first-order valence-electron chi connectivity index (χ1n) is 12.0. The van der Waals surface area contributed by atoms with Gasteiger partial charge in [0, 0.05) is 28.6 Å². The summed E-state index contributed by atoms with van der Waals surface area (Å²) < 4.78 is 11.9. The number of carbonyl (C=O) groups excluding carboxylic acids is 3. The van der Waals surface area contributed by atoms with Crippen LogP contribution in [0.1, 0.15) is 19.3 Å². The molecule has 8 nitrogen and oxygen atoms in total. The van der Waals surface area contributed by atoms with Crippen LogP contribution in [0.5, 0.6) is 0 Å². The lowest BCUT2D eigenvalue weighted by Crippen LogP contribution is -2.57. The van der Waals surface area contributed by atoms with Gasteiger partial charge in [-0.05, 0) is 43.5 Å². The van der Waals surface area contributed by atoms with Gasteiger partial charge in [-0.25, -0.2) is 0 Å². The summed E-state index contributed by atoms with van der Waals surface area (Å²) in [6.07, 6.45) is 4.45. The van der Waals surface area contributed by atoms with E-state index in [1.54, 1.807) is 36.4 Å². The second-order valence-corrected chi connectivity index (χ2v) is 10.8. The van der Waals surface area contributed by atoms with E-state index in [0.29, 0.717) is 30.0 Å². The zero-order chi connectivity index (χ0) is 26.0. The number of ether oxygens (including phenoxy) is 2. The predicted octanol–water partition coefficient (Wildman–Crippen LogP) is 3.11. The number of rotatable bonds is 11. The van der Waals surface area contributed by atoms with Crippen molar-refractivity contribution in [2.75, 3.05) is 31.2 Å². The van der Waals surface area contributed by atoms with E-state index < -0.39 is 35.6 Å². The molecular formula is C26H30BrClN2O6. The first-order valence-corrected chi connectivity index (χ1v) is 13.3. The highest BCUT2D eigenvalue weighted by molar-refractivity contribution is 9.09. The van der Waals surface area contributed by atoms with E-state index >= 15 is 0 Å². The van der Waals surface area contributed by atoms with Gasteiger partial charge in [0.2, 0.25) is 5.91 Å². The van der Waals surface area contributed by atoms with Crippen molar-refractivity contribution in [1.82, 2.24) is 4.90 Å². The smallest absolute Gasteiger partial charge is 0.312 e. The number of alkyl halides is 1. The topological polar surface area (TPSA) is 96.4 Å². The Balaban J connectivity index is 1.70. The minimum Gasteiger partial charge on any atom is -0.465 e. The number of unbranched alkanes of at least 4 members (excludes halogenated alkanes) is 1. The number of hydrogen-bond donors (Lipinski definition) is 1. The quantitative estimate of drug-likeness (QED) is 0.187. The average Bonchev–Trinajstić information content (AvgIpc) is 3.44. The molecule has 1 aromatic rings. The molecule has 1 aromatic carbocycles. The van der Waals surface area contributed by atoms with Crippen LogP contribution >= 0.6 is 27.5 Å². The number of aliphatic hydroxyl groups is 1. The van der Waals surface area contributed by atoms with Crippen LogP contribution in [0.25, 0.3) is 0 Å². The molecule has 36 heavy (non-hydrogen) atoms. The number of carbonyl (C=O) groups is 3. The van der Waals surface area contributed by atoms with Crippen LogP contribution in [0, 0.1) is 11.8 Å². The van der Waals surface area contributed by atoms with Crippen molar-refractivity contribution in [3.63, 3.8) is 0 Å². The predicted molar refractivity (Wildman–Crippen MR) is 139 cm³/mol. The Morgan fingerprint density at radius 3 is 2.67 bits per heavy atom. The molecule has 3 heterocycles. The standard InChI is InChI=1S/C26H30BrClN2O6/c1-3-5-6-14-35-25(34)19-20-23(32)30(12-13-31)22(26(20)15-18(27)21(19)36-26)24(33)29(11-4-2)17-9-7-16(28)8-10-17/h3-4,7-10,18-22,31H,1-2,5-6,11-15H2/t18?,19-,20+,21-,22?,26?/m1/s1. The second kappa shape index (κ2) is 11.0. The first-order chi connectivity index (χ1) is 17.3. The maximum absolute atomic E-state index is 14.2. The summed E-state index contributed by atoms with van der Waals surface area (Å²) in [6, 6.07) is 5.77. The third-order valence-corrected chi connectivity index (χ3v) is 8.25. The zero-order valence-electron chi connectivity index (χ0n) is 19.9. The number of β-amino-alcohol motifs (C(OH)–C–C–N with tert-alkyl or cyclic N) is 1. The maximum Gasteiger partial charge on any atom is 0.312 e.